The fraction of sp³-hybridized carbons (Fsp3) is 0.444. The Morgan fingerprint density at radius 3 is 2.71 bits per heavy atom. The van der Waals surface area contributed by atoms with Crippen LogP contribution < -0.4 is 0 Å². The molecule has 1 aliphatic heterocycles. The van der Waals surface area contributed by atoms with E-state index >= 15 is 0 Å². The zero-order chi connectivity index (χ0) is 17.0. The molecular weight excluding hydrogens is 308 g/mol. The highest BCUT2D eigenvalue weighted by Gasteiger charge is 2.32. The van der Waals surface area contributed by atoms with E-state index in [0.29, 0.717) is 44.9 Å². The standard InChI is InChI=1S/C18H22N2O4/c1-2-24-17(21)15-16(14-6-4-3-5-7-14)20(13-19-15)12-18(22)8-10-23-11-9-18/h3-7,13,22H,2,8-12H2,1H3. The van der Waals surface area contributed by atoms with Gasteiger partial charge in [0.25, 0.3) is 0 Å². The molecule has 0 bridgehead atoms. The van der Waals surface area contributed by atoms with Gasteiger partial charge in [-0.2, -0.15) is 0 Å². The highest BCUT2D eigenvalue weighted by molar-refractivity contribution is 5.94. The number of esters is 1. The van der Waals surface area contributed by atoms with Crippen molar-refractivity contribution in [1.82, 2.24) is 9.55 Å². The van der Waals surface area contributed by atoms with E-state index in [1.165, 1.54) is 0 Å². The fourth-order valence-corrected chi connectivity index (χ4v) is 2.98. The molecule has 1 fully saturated rings. The van der Waals surface area contributed by atoms with Gasteiger partial charge in [-0.05, 0) is 6.92 Å². The number of imidazole rings is 1. The first kappa shape index (κ1) is 16.7. The molecule has 0 amide bonds. The number of aliphatic hydroxyl groups is 1. The lowest BCUT2D eigenvalue weighted by Crippen LogP contribution is -2.40. The van der Waals surface area contributed by atoms with Gasteiger partial charge < -0.3 is 19.1 Å². The van der Waals surface area contributed by atoms with Gasteiger partial charge in [0.1, 0.15) is 0 Å². The molecule has 0 atom stereocenters. The van der Waals surface area contributed by atoms with E-state index in [2.05, 4.69) is 4.98 Å². The molecule has 6 heteroatoms. The van der Waals surface area contributed by atoms with Gasteiger partial charge in [0, 0.05) is 31.6 Å². The SMILES string of the molecule is CCOC(=O)c1ncn(CC2(O)CCOCC2)c1-c1ccccc1. The average molecular weight is 330 g/mol. The Balaban J connectivity index is 1.98. The fourth-order valence-electron chi connectivity index (χ4n) is 2.98. The first-order chi connectivity index (χ1) is 11.6. The van der Waals surface area contributed by atoms with Crippen molar-refractivity contribution in [3.05, 3.63) is 42.4 Å². The Morgan fingerprint density at radius 1 is 1.33 bits per heavy atom. The van der Waals surface area contributed by atoms with Crippen LogP contribution in [-0.4, -0.2) is 46.0 Å². The lowest BCUT2D eigenvalue weighted by molar-refractivity contribution is -0.0726. The molecule has 6 nitrogen and oxygen atoms in total. The molecule has 0 saturated carbocycles. The minimum Gasteiger partial charge on any atom is -0.461 e. The van der Waals surface area contributed by atoms with Crippen LogP contribution >= 0.6 is 0 Å². The molecule has 24 heavy (non-hydrogen) atoms. The molecule has 128 valence electrons. The third-order valence-corrected chi connectivity index (χ3v) is 4.24. The molecule has 3 rings (SSSR count). The number of aromatic nitrogens is 2. The summed E-state index contributed by atoms with van der Waals surface area (Å²) in [5.74, 6) is -0.450. The lowest BCUT2D eigenvalue weighted by atomic mass is 9.94. The molecule has 0 radical (unpaired) electrons. The van der Waals surface area contributed by atoms with E-state index in [1.807, 2.05) is 34.9 Å². The van der Waals surface area contributed by atoms with Crippen LogP contribution in [0.3, 0.4) is 0 Å². The van der Waals surface area contributed by atoms with Gasteiger partial charge in [0.2, 0.25) is 0 Å². The summed E-state index contributed by atoms with van der Waals surface area (Å²) in [5, 5.41) is 10.8. The van der Waals surface area contributed by atoms with E-state index in [-0.39, 0.29) is 5.69 Å². The third kappa shape index (κ3) is 3.49. The van der Waals surface area contributed by atoms with E-state index in [1.54, 1.807) is 13.3 Å². The molecule has 2 aromatic rings. The predicted octanol–water partition coefficient (Wildman–Crippen LogP) is 2.27. The van der Waals surface area contributed by atoms with Gasteiger partial charge >= 0.3 is 5.97 Å². The van der Waals surface area contributed by atoms with Crippen LogP contribution in [0.1, 0.15) is 30.3 Å². The second-order valence-electron chi connectivity index (χ2n) is 5.99. The molecule has 1 N–H and O–H groups in total. The quantitative estimate of drug-likeness (QED) is 0.851. The summed E-state index contributed by atoms with van der Waals surface area (Å²) in [6.45, 7) is 3.50. The number of nitrogens with zero attached hydrogens (tertiary/aromatic N) is 2. The Kier molecular flexibility index (Phi) is 4.97. The number of hydrogen-bond acceptors (Lipinski definition) is 5. The summed E-state index contributed by atoms with van der Waals surface area (Å²) < 4.78 is 12.3. The molecular formula is C18H22N2O4. The van der Waals surface area contributed by atoms with Crippen LogP contribution in [0.15, 0.2) is 36.7 Å². The van der Waals surface area contributed by atoms with Crippen molar-refractivity contribution in [2.75, 3.05) is 19.8 Å². The maximum Gasteiger partial charge on any atom is 0.359 e. The Morgan fingerprint density at radius 2 is 2.04 bits per heavy atom. The molecule has 1 aliphatic rings. The zero-order valence-corrected chi connectivity index (χ0v) is 13.8. The first-order valence-corrected chi connectivity index (χ1v) is 8.21. The van der Waals surface area contributed by atoms with Crippen LogP contribution in [0.25, 0.3) is 11.3 Å². The van der Waals surface area contributed by atoms with Crippen LogP contribution in [0.2, 0.25) is 0 Å². The number of benzene rings is 1. The van der Waals surface area contributed by atoms with Gasteiger partial charge in [-0.25, -0.2) is 9.78 Å². The summed E-state index contributed by atoms with van der Waals surface area (Å²) in [6, 6.07) is 9.57. The first-order valence-electron chi connectivity index (χ1n) is 8.21. The van der Waals surface area contributed by atoms with E-state index in [0.717, 1.165) is 5.56 Å². The van der Waals surface area contributed by atoms with Crippen LogP contribution in [0.5, 0.6) is 0 Å². The highest BCUT2D eigenvalue weighted by Crippen LogP contribution is 2.29. The van der Waals surface area contributed by atoms with Crippen molar-refractivity contribution in [2.45, 2.75) is 31.9 Å². The zero-order valence-electron chi connectivity index (χ0n) is 13.8. The molecule has 0 unspecified atom stereocenters. The van der Waals surface area contributed by atoms with Crippen LogP contribution in [0.4, 0.5) is 0 Å². The summed E-state index contributed by atoms with van der Waals surface area (Å²) in [7, 11) is 0. The van der Waals surface area contributed by atoms with Crippen molar-refractivity contribution in [1.29, 1.82) is 0 Å². The number of ether oxygens (including phenoxy) is 2. The van der Waals surface area contributed by atoms with E-state index in [9.17, 15) is 9.90 Å². The number of carbonyl (C=O) groups is 1. The van der Waals surface area contributed by atoms with Crippen LogP contribution in [0, 0.1) is 0 Å². The molecule has 1 aromatic heterocycles. The van der Waals surface area contributed by atoms with Gasteiger partial charge in [0.15, 0.2) is 5.69 Å². The topological polar surface area (TPSA) is 73.6 Å². The maximum absolute atomic E-state index is 12.2. The second-order valence-corrected chi connectivity index (χ2v) is 5.99. The molecule has 0 aliphatic carbocycles. The second kappa shape index (κ2) is 7.15. The van der Waals surface area contributed by atoms with Gasteiger partial charge in [-0.3, -0.25) is 0 Å². The van der Waals surface area contributed by atoms with Gasteiger partial charge in [-0.1, -0.05) is 30.3 Å². The van der Waals surface area contributed by atoms with Crippen molar-refractivity contribution >= 4 is 5.97 Å². The largest absolute Gasteiger partial charge is 0.461 e. The highest BCUT2D eigenvalue weighted by atomic mass is 16.5. The summed E-state index contributed by atoms with van der Waals surface area (Å²) in [6.07, 6.45) is 2.73. The van der Waals surface area contributed by atoms with E-state index in [4.69, 9.17) is 9.47 Å². The summed E-state index contributed by atoms with van der Waals surface area (Å²) >= 11 is 0. The number of carbonyl (C=O) groups excluding carboxylic acids is 1. The number of hydrogen-bond donors (Lipinski definition) is 1. The monoisotopic (exact) mass is 330 g/mol. The molecule has 1 aromatic carbocycles. The maximum atomic E-state index is 12.2. The minimum absolute atomic E-state index is 0.277. The minimum atomic E-state index is -0.853. The van der Waals surface area contributed by atoms with Crippen LogP contribution in [-0.2, 0) is 16.0 Å². The molecule has 0 spiro atoms. The third-order valence-electron chi connectivity index (χ3n) is 4.24. The molecule has 2 heterocycles. The van der Waals surface area contributed by atoms with Crippen molar-refractivity contribution in [3.63, 3.8) is 0 Å². The van der Waals surface area contributed by atoms with Gasteiger partial charge in [0.05, 0.1) is 30.8 Å². The Hall–Kier alpha value is -2.18. The smallest absolute Gasteiger partial charge is 0.359 e. The predicted molar refractivity (Wildman–Crippen MR) is 88.6 cm³/mol. The van der Waals surface area contributed by atoms with Crippen molar-refractivity contribution in [3.8, 4) is 11.3 Å². The van der Waals surface area contributed by atoms with E-state index < -0.39 is 11.6 Å². The van der Waals surface area contributed by atoms with Crippen molar-refractivity contribution < 1.29 is 19.4 Å². The average Bonchev–Trinajstić information content (AvgIpc) is 2.99. The van der Waals surface area contributed by atoms with Gasteiger partial charge in [-0.15, -0.1) is 0 Å². The Labute approximate surface area is 141 Å². The molecule has 1 saturated heterocycles. The lowest BCUT2D eigenvalue weighted by Gasteiger charge is -2.32. The normalized spacial score (nSPS) is 16.8. The summed E-state index contributed by atoms with van der Waals surface area (Å²) in [4.78, 5) is 16.5. The number of rotatable bonds is 5. The van der Waals surface area contributed by atoms with Crippen molar-refractivity contribution in [2.24, 2.45) is 0 Å². The summed E-state index contributed by atoms with van der Waals surface area (Å²) in [5.41, 5.74) is 0.968. The Bertz CT molecular complexity index is 690.